The van der Waals surface area contributed by atoms with Crippen molar-refractivity contribution in [3.63, 3.8) is 0 Å². The van der Waals surface area contributed by atoms with Crippen LogP contribution >= 0.6 is 0 Å². The highest BCUT2D eigenvalue weighted by Crippen LogP contribution is 2.28. The average molecular weight is 375 g/mol. The van der Waals surface area contributed by atoms with Gasteiger partial charge in [-0.25, -0.2) is 0 Å². The summed E-state index contributed by atoms with van der Waals surface area (Å²) in [6, 6.07) is 10.1. The Labute approximate surface area is 155 Å². The van der Waals surface area contributed by atoms with E-state index in [2.05, 4.69) is 17.1 Å². The molecule has 1 aromatic carbocycles. The van der Waals surface area contributed by atoms with Crippen molar-refractivity contribution in [1.82, 2.24) is 18.8 Å². The minimum Gasteiger partial charge on any atom is -0.282 e. The van der Waals surface area contributed by atoms with Crippen LogP contribution < -0.4 is 0 Å². The third kappa shape index (κ3) is 3.31. The van der Waals surface area contributed by atoms with Crippen molar-refractivity contribution in [2.24, 2.45) is 5.92 Å². The molecule has 2 aliphatic heterocycles. The number of nitrogens with zero attached hydrogens (tertiary/aromatic N) is 3. The third-order valence-electron chi connectivity index (χ3n) is 5.62. The van der Waals surface area contributed by atoms with Crippen LogP contribution in [0.25, 0.3) is 11.3 Å². The van der Waals surface area contributed by atoms with E-state index >= 15 is 0 Å². The zero-order chi connectivity index (χ0) is 18.1. The van der Waals surface area contributed by atoms with Gasteiger partial charge in [0, 0.05) is 49.4 Å². The minimum atomic E-state index is -3.37. The Morgan fingerprint density at radius 1 is 1.00 bits per heavy atom. The summed E-state index contributed by atoms with van der Waals surface area (Å²) in [5.41, 5.74) is 4.24. The van der Waals surface area contributed by atoms with E-state index in [-0.39, 0.29) is 0 Å². The van der Waals surface area contributed by atoms with Crippen molar-refractivity contribution in [2.45, 2.75) is 32.6 Å². The van der Waals surface area contributed by atoms with Gasteiger partial charge < -0.3 is 0 Å². The third-order valence-corrected chi connectivity index (χ3v) is 7.65. The summed E-state index contributed by atoms with van der Waals surface area (Å²) in [5.74, 6) is 0.616. The molecule has 0 saturated carbocycles. The molecule has 0 amide bonds. The van der Waals surface area contributed by atoms with E-state index in [1.54, 1.807) is 8.61 Å². The van der Waals surface area contributed by atoms with Gasteiger partial charge in [0.15, 0.2) is 0 Å². The Balaban J connectivity index is 1.53. The fourth-order valence-corrected chi connectivity index (χ4v) is 5.55. The molecular formula is C19H26N4O2S. The molecule has 2 aromatic rings. The molecule has 6 nitrogen and oxygen atoms in total. The van der Waals surface area contributed by atoms with Crippen molar-refractivity contribution in [3.8, 4) is 11.3 Å². The van der Waals surface area contributed by atoms with Crippen LogP contribution in [0, 0.1) is 5.92 Å². The summed E-state index contributed by atoms with van der Waals surface area (Å²) in [7, 11) is -3.37. The lowest BCUT2D eigenvalue weighted by atomic mass is 10.0. The molecule has 7 heteroatoms. The Morgan fingerprint density at radius 3 is 2.38 bits per heavy atom. The number of fused-ring (bicyclic) bond motifs is 1. The zero-order valence-electron chi connectivity index (χ0n) is 15.2. The number of hydrogen-bond donors (Lipinski definition) is 1. The van der Waals surface area contributed by atoms with Gasteiger partial charge in [-0.15, -0.1) is 0 Å². The van der Waals surface area contributed by atoms with Crippen molar-refractivity contribution in [1.29, 1.82) is 0 Å². The van der Waals surface area contributed by atoms with Gasteiger partial charge in [-0.3, -0.25) is 5.10 Å². The number of rotatable bonds is 3. The van der Waals surface area contributed by atoms with Crippen molar-refractivity contribution < 1.29 is 8.42 Å². The van der Waals surface area contributed by atoms with Gasteiger partial charge in [0.2, 0.25) is 0 Å². The van der Waals surface area contributed by atoms with E-state index in [1.807, 2.05) is 30.3 Å². The number of hydrogen-bond acceptors (Lipinski definition) is 3. The standard InChI is InChI=1S/C19H26N4O2S/c1-15-7-11-22(12-8-15)26(24,25)23-13-9-17-18(10-14-23)20-21-19(17)16-5-3-2-4-6-16/h2-6,15H,7-14H2,1H3,(H,20,21). The molecule has 26 heavy (non-hydrogen) atoms. The molecule has 4 rings (SSSR count). The maximum atomic E-state index is 13.1. The lowest BCUT2D eigenvalue weighted by Gasteiger charge is -2.33. The number of H-pyrrole nitrogens is 1. The minimum absolute atomic E-state index is 0.512. The van der Waals surface area contributed by atoms with E-state index < -0.39 is 10.2 Å². The first-order valence-corrected chi connectivity index (χ1v) is 10.8. The summed E-state index contributed by atoms with van der Waals surface area (Å²) < 4.78 is 29.4. The van der Waals surface area contributed by atoms with Crippen molar-refractivity contribution >= 4 is 10.2 Å². The number of benzene rings is 1. The summed E-state index contributed by atoms with van der Waals surface area (Å²) in [6.45, 7) is 4.50. The molecule has 3 heterocycles. The second-order valence-corrected chi connectivity index (χ2v) is 9.31. The number of aromatic amines is 1. The molecule has 0 aliphatic carbocycles. The molecule has 140 valence electrons. The van der Waals surface area contributed by atoms with Gasteiger partial charge in [0.05, 0.1) is 5.69 Å². The van der Waals surface area contributed by atoms with Gasteiger partial charge in [-0.2, -0.15) is 22.1 Å². The Kier molecular flexibility index (Phi) is 4.86. The predicted molar refractivity (Wildman–Crippen MR) is 102 cm³/mol. The topological polar surface area (TPSA) is 69.3 Å². The fourth-order valence-electron chi connectivity index (χ4n) is 3.91. The summed E-state index contributed by atoms with van der Waals surface area (Å²) in [5, 5.41) is 7.63. The molecule has 0 spiro atoms. The van der Waals surface area contributed by atoms with Crippen molar-refractivity contribution in [2.75, 3.05) is 26.2 Å². The SMILES string of the molecule is CC1CCN(S(=O)(=O)N2CCc3[nH]nc(-c4ccccc4)c3CC2)CC1. The van der Waals surface area contributed by atoms with Gasteiger partial charge in [-0.1, -0.05) is 37.3 Å². The van der Waals surface area contributed by atoms with Crippen molar-refractivity contribution in [3.05, 3.63) is 41.6 Å². The largest absolute Gasteiger partial charge is 0.282 e. The fraction of sp³-hybridized carbons (Fsp3) is 0.526. The monoisotopic (exact) mass is 374 g/mol. The normalized spacial score (nSPS) is 20.7. The Bertz CT molecular complexity index is 855. The van der Waals surface area contributed by atoms with E-state index in [1.165, 1.54) is 0 Å². The summed E-state index contributed by atoms with van der Waals surface area (Å²) in [4.78, 5) is 0. The van der Waals surface area contributed by atoms with E-state index in [0.717, 1.165) is 35.4 Å². The number of aromatic nitrogens is 2. The van der Waals surface area contributed by atoms with Crippen LogP contribution in [0.2, 0.25) is 0 Å². The van der Waals surface area contributed by atoms with E-state index in [0.29, 0.717) is 44.9 Å². The van der Waals surface area contributed by atoms with Crippen LogP contribution in [0.1, 0.15) is 31.0 Å². The lowest BCUT2D eigenvalue weighted by molar-refractivity contribution is 0.265. The van der Waals surface area contributed by atoms with Crippen LogP contribution in [-0.4, -0.2) is 53.4 Å². The number of nitrogens with one attached hydrogen (secondary N) is 1. The lowest BCUT2D eigenvalue weighted by Crippen LogP contribution is -2.47. The molecular weight excluding hydrogens is 348 g/mol. The Morgan fingerprint density at radius 2 is 1.65 bits per heavy atom. The highest BCUT2D eigenvalue weighted by molar-refractivity contribution is 7.86. The van der Waals surface area contributed by atoms with E-state index in [9.17, 15) is 8.42 Å². The summed E-state index contributed by atoms with van der Waals surface area (Å²) in [6.07, 6.45) is 3.28. The maximum Gasteiger partial charge on any atom is 0.281 e. The van der Waals surface area contributed by atoms with Gasteiger partial charge >= 0.3 is 0 Å². The number of piperidine rings is 1. The van der Waals surface area contributed by atoms with Gasteiger partial charge in [-0.05, 0) is 25.2 Å². The van der Waals surface area contributed by atoms with Crippen LogP contribution in [-0.2, 0) is 23.1 Å². The summed E-state index contributed by atoms with van der Waals surface area (Å²) >= 11 is 0. The smallest absolute Gasteiger partial charge is 0.281 e. The van der Waals surface area contributed by atoms with Crippen LogP contribution in [0.3, 0.4) is 0 Å². The molecule has 1 saturated heterocycles. The molecule has 0 atom stereocenters. The van der Waals surface area contributed by atoms with Gasteiger partial charge in [0.1, 0.15) is 0 Å². The molecule has 2 aliphatic rings. The van der Waals surface area contributed by atoms with E-state index in [4.69, 9.17) is 0 Å². The zero-order valence-corrected chi connectivity index (χ0v) is 16.0. The second-order valence-electron chi connectivity index (χ2n) is 7.38. The molecule has 0 bridgehead atoms. The van der Waals surface area contributed by atoms with Crippen LogP contribution in [0.4, 0.5) is 0 Å². The molecule has 0 radical (unpaired) electrons. The quantitative estimate of drug-likeness (QED) is 0.897. The first-order chi connectivity index (χ1) is 12.6. The molecule has 1 N–H and O–H groups in total. The molecule has 0 unspecified atom stereocenters. The first-order valence-electron chi connectivity index (χ1n) is 9.42. The molecule has 1 aromatic heterocycles. The first kappa shape index (κ1) is 17.7. The predicted octanol–water partition coefficient (Wildman–Crippen LogP) is 2.45. The van der Waals surface area contributed by atoms with Crippen LogP contribution in [0.5, 0.6) is 0 Å². The Hall–Kier alpha value is -1.70. The molecule has 1 fully saturated rings. The van der Waals surface area contributed by atoms with Gasteiger partial charge in [0.25, 0.3) is 10.2 Å². The highest BCUT2D eigenvalue weighted by atomic mass is 32.2. The average Bonchev–Trinajstić information content (AvgIpc) is 2.93. The van der Waals surface area contributed by atoms with Crippen LogP contribution in [0.15, 0.2) is 30.3 Å². The maximum absolute atomic E-state index is 13.1. The second kappa shape index (κ2) is 7.13. The highest BCUT2D eigenvalue weighted by Gasteiger charge is 2.33.